The first-order valence-corrected chi connectivity index (χ1v) is 6.85. The number of aliphatic hydroxyl groups excluding tert-OH is 1. The first-order chi connectivity index (χ1) is 9.54. The van der Waals surface area contributed by atoms with E-state index in [1.807, 2.05) is 23.1 Å². The van der Waals surface area contributed by atoms with Crippen molar-refractivity contribution in [2.24, 2.45) is 0 Å². The van der Waals surface area contributed by atoms with Crippen LogP contribution >= 0.6 is 0 Å². The van der Waals surface area contributed by atoms with Crippen molar-refractivity contribution in [3.8, 4) is 5.75 Å². The Morgan fingerprint density at radius 1 is 1.50 bits per heavy atom. The maximum Gasteiger partial charge on any atom is 0.239 e. The lowest BCUT2D eigenvalue weighted by molar-refractivity contribution is -0.119. The van der Waals surface area contributed by atoms with Crippen molar-refractivity contribution in [2.45, 2.75) is 26.4 Å². The Balaban J connectivity index is 3.21. The third kappa shape index (κ3) is 3.87. The first-order valence-electron chi connectivity index (χ1n) is 6.85. The van der Waals surface area contributed by atoms with Crippen LogP contribution in [0.3, 0.4) is 0 Å². The fourth-order valence-corrected chi connectivity index (χ4v) is 2.21. The van der Waals surface area contributed by atoms with Gasteiger partial charge in [0.25, 0.3) is 0 Å². The summed E-state index contributed by atoms with van der Waals surface area (Å²) in [5, 5.41) is 12.6. The molecule has 0 heterocycles. The summed E-state index contributed by atoms with van der Waals surface area (Å²) in [4.78, 5) is 13.6. The Labute approximate surface area is 120 Å². The molecule has 5 heteroatoms. The number of amides is 1. The number of likely N-dealkylation sites (N-methyl/N-ethyl adjacent to an activating group) is 1. The molecule has 1 atom stereocenters. The number of rotatable bonds is 7. The van der Waals surface area contributed by atoms with Crippen LogP contribution in [0.4, 0.5) is 5.69 Å². The van der Waals surface area contributed by atoms with Crippen molar-refractivity contribution >= 4 is 11.6 Å². The average molecular weight is 280 g/mol. The summed E-state index contributed by atoms with van der Waals surface area (Å²) in [7, 11) is 3.20. The molecule has 1 aromatic carbocycles. The summed E-state index contributed by atoms with van der Waals surface area (Å²) in [6.45, 7) is 4.75. The number of hydrogen-bond acceptors (Lipinski definition) is 4. The fourth-order valence-electron chi connectivity index (χ4n) is 2.21. The van der Waals surface area contributed by atoms with Crippen LogP contribution in [0.5, 0.6) is 5.75 Å². The minimum Gasteiger partial charge on any atom is -0.496 e. The highest BCUT2D eigenvalue weighted by Gasteiger charge is 2.19. The van der Waals surface area contributed by atoms with E-state index >= 15 is 0 Å². The number of carbonyl (C=O) groups excluding carboxylic acids is 1. The molecule has 0 saturated carbocycles. The fraction of sp³-hybridized carbons (Fsp3) is 0.533. The highest BCUT2D eigenvalue weighted by molar-refractivity contribution is 5.81. The number of aliphatic hydroxyl groups is 1. The topological polar surface area (TPSA) is 61.8 Å². The predicted molar refractivity (Wildman–Crippen MR) is 80.2 cm³/mol. The maximum atomic E-state index is 11.7. The van der Waals surface area contributed by atoms with E-state index in [0.29, 0.717) is 11.3 Å². The minimum absolute atomic E-state index is 0.0576. The number of methoxy groups -OCH3 is 1. The standard InChI is InChI=1S/C15H24N2O3/c1-5-9-17(10-14(19)16-3)12-7-6-8-13(20-4)15(12)11(2)18/h6-8,11,18H,5,9-10H2,1-4H3,(H,16,19)/t11-/m0/s1. The van der Waals surface area contributed by atoms with Gasteiger partial charge in [0, 0.05) is 24.8 Å². The van der Waals surface area contributed by atoms with E-state index in [0.717, 1.165) is 18.7 Å². The van der Waals surface area contributed by atoms with E-state index in [1.165, 1.54) is 0 Å². The zero-order valence-corrected chi connectivity index (χ0v) is 12.6. The van der Waals surface area contributed by atoms with Crippen molar-refractivity contribution in [3.63, 3.8) is 0 Å². The van der Waals surface area contributed by atoms with Crippen LogP contribution in [0.2, 0.25) is 0 Å². The van der Waals surface area contributed by atoms with Gasteiger partial charge < -0.3 is 20.1 Å². The van der Waals surface area contributed by atoms with E-state index in [4.69, 9.17) is 4.74 Å². The second-order valence-electron chi connectivity index (χ2n) is 4.66. The maximum absolute atomic E-state index is 11.7. The molecule has 0 aliphatic rings. The minimum atomic E-state index is -0.662. The summed E-state index contributed by atoms with van der Waals surface area (Å²) < 4.78 is 5.32. The van der Waals surface area contributed by atoms with Gasteiger partial charge in [-0.2, -0.15) is 0 Å². The largest absolute Gasteiger partial charge is 0.496 e. The lowest BCUT2D eigenvalue weighted by Gasteiger charge is -2.28. The Bertz CT molecular complexity index is 447. The van der Waals surface area contributed by atoms with Crippen LogP contribution in [0.15, 0.2) is 18.2 Å². The van der Waals surface area contributed by atoms with Gasteiger partial charge in [-0.25, -0.2) is 0 Å². The molecule has 0 fully saturated rings. The second-order valence-corrected chi connectivity index (χ2v) is 4.66. The molecule has 1 rings (SSSR count). The molecule has 1 aromatic rings. The highest BCUT2D eigenvalue weighted by atomic mass is 16.5. The second kappa shape index (κ2) is 7.75. The molecular weight excluding hydrogens is 256 g/mol. The lowest BCUT2D eigenvalue weighted by Crippen LogP contribution is -2.36. The Morgan fingerprint density at radius 3 is 2.70 bits per heavy atom. The monoisotopic (exact) mass is 280 g/mol. The number of carbonyl (C=O) groups is 1. The zero-order valence-electron chi connectivity index (χ0n) is 12.6. The van der Waals surface area contributed by atoms with Crippen LogP contribution in [0.1, 0.15) is 31.9 Å². The zero-order chi connectivity index (χ0) is 15.1. The number of ether oxygens (including phenoxy) is 1. The SMILES string of the molecule is CCCN(CC(=O)NC)c1cccc(OC)c1[C@H](C)O. The van der Waals surface area contributed by atoms with Gasteiger partial charge in [0.05, 0.1) is 19.8 Å². The number of anilines is 1. The van der Waals surface area contributed by atoms with Crippen LogP contribution in [-0.2, 0) is 4.79 Å². The highest BCUT2D eigenvalue weighted by Crippen LogP contribution is 2.34. The molecule has 0 unspecified atom stereocenters. The Kier molecular flexibility index (Phi) is 6.31. The van der Waals surface area contributed by atoms with E-state index in [1.54, 1.807) is 21.1 Å². The summed E-state index contributed by atoms with van der Waals surface area (Å²) in [6.07, 6.45) is 0.248. The number of benzene rings is 1. The van der Waals surface area contributed by atoms with Gasteiger partial charge in [-0.15, -0.1) is 0 Å². The first kappa shape index (κ1) is 16.3. The van der Waals surface area contributed by atoms with Gasteiger partial charge in [0.1, 0.15) is 5.75 Å². The lowest BCUT2D eigenvalue weighted by atomic mass is 10.1. The summed E-state index contributed by atoms with van der Waals surface area (Å²) in [6, 6.07) is 5.59. The molecule has 0 saturated heterocycles. The molecule has 0 aromatic heterocycles. The molecule has 5 nitrogen and oxygen atoms in total. The van der Waals surface area contributed by atoms with Crippen molar-refractivity contribution in [1.82, 2.24) is 5.32 Å². The van der Waals surface area contributed by atoms with Crippen molar-refractivity contribution in [1.29, 1.82) is 0 Å². The third-order valence-electron chi connectivity index (χ3n) is 3.13. The Hall–Kier alpha value is -1.75. The van der Waals surface area contributed by atoms with Crippen molar-refractivity contribution in [3.05, 3.63) is 23.8 Å². The van der Waals surface area contributed by atoms with Gasteiger partial charge in [0.2, 0.25) is 5.91 Å². The van der Waals surface area contributed by atoms with E-state index in [-0.39, 0.29) is 12.5 Å². The molecule has 0 aliphatic carbocycles. The molecule has 0 radical (unpaired) electrons. The molecule has 0 spiro atoms. The van der Waals surface area contributed by atoms with Crippen LogP contribution in [-0.4, -0.2) is 38.3 Å². The molecule has 2 N–H and O–H groups in total. The van der Waals surface area contributed by atoms with Crippen molar-refractivity contribution < 1.29 is 14.6 Å². The molecule has 112 valence electrons. The molecule has 20 heavy (non-hydrogen) atoms. The van der Waals surface area contributed by atoms with E-state index in [2.05, 4.69) is 12.2 Å². The van der Waals surface area contributed by atoms with Crippen LogP contribution < -0.4 is 15.0 Å². The molecule has 1 amide bonds. The van der Waals surface area contributed by atoms with E-state index in [9.17, 15) is 9.90 Å². The average Bonchev–Trinajstić information content (AvgIpc) is 2.45. The molecule has 0 bridgehead atoms. The smallest absolute Gasteiger partial charge is 0.239 e. The van der Waals surface area contributed by atoms with Crippen molar-refractivity contribution in [2.75, 3.05) is 32.1 Å². The Morgan fingerprint density at radius 2 is 2.20 bits per heavy atom. The number of hydrogen-bond donors (Lipinski definition) is 2. The van der Waals surface area contributed by atoms with Crippen LogP contribution in [0, 0.1) is 0 Å². The van der Waals surface area contributed by atoms with Crippen LogP contribution in [0.25, 0.3) is 0 Å². The van der Waals surface area contributed by atoms with Gasteiger partial charge >= 0.3 is 0 Å². The van der Waals surface area contributed by atoms with Gasteiger partial charge in [-0.3, -0.25) is 4.79 Å². The number of nitrogens with zero attached hydrogens (tertiary/aromatic N) is 1. The molecular formula is C15H24N2O3. The summed E-state index contributed by atoms with van der Waals surface area (Å²) in [5.41, 5.74) is 1.55. The quantitative estimate of drug-likeness (QED) is 0.798. The summed E-state index contributed by atoms with van der Waals surface area (Å²) in [5.74, 6) is 0.577. The van der Waals surface area contributed by atoms with E-state index < -0.39 is 6.10 Å². The predicted octanol–water partition coefficient (Wildman–Crippen LogP) is 1.71. The summed E-state index contributed by atoms with van der Waals surface area (Å²) >= 11 is 0. The number of nitrogens with one attached hydrogen (secondary N) is 1. The van der Waals surface area contributed by atoms with Gasteiger partial charge in [-0.1, -0.05) is 13.0 Å². The van der Waals surface area contributed by atoms with Gasteiger partial charge in [-0.05, 0) is 25.5 Å². The molecule has 0 aliphatic heterocycles. The third-order valence-corrected chi connectivity index (χ3v) is 3.13. The van der Waals surface area contributed by atoms with Gasteiger partial charge in [0.15, 0.2) is 0 Å². The normalized spacial score (nSPS) is 11.8.